The summed E-state index contributed by atoms with van der Waals surface area (Å²) in [6, 6.07) is 11.0. The van der Waals surface area contributed by atoms with Crippen molar-refractivity contribution in [1.29, 1.82) is 0 Å². The van der Waals surface area contributed by atoms with Crippen molar-refractivity contribution in [2.75, 3.05) is 11.9 Å². The summed E-state index contributed by atoms with van der Waals surface area (Å²) in [5, 5.41) is 11.8. The highest BCUT2D eigenvalue weighted by Gasteiger charge is 2.09. The standard InChI is InChI=1S/C16H16FNO3/c1-11-4-2-5-12(9-19)16(11)21-10-15(20)18-14-7-3-6-13(17)8-14/h2-8,19H,9-10H2,1H3,(H,18,20). The molecule has 2 rings (SSSR count). The maximum absolute atomic E-state index is 13.0. The predicted molar refractivity (Wildman–Crippen MR) is 77.6 cm³/mol. The normalized spacial score (nSPS) is 10.2. The Kier molecular flexibility index (Phi) is 4.90. The fraction of sp³-hybridized carbons (Fsp3) is 0.188. The summed E-state index contributed by atoms with van der Waals surface area (Å²) in [6.45, 7) is 1.45. The van der Waals surface area contributed by atoms with Gasteiger partial charge in [-0.05, 0) is 30.7 Å². The van der Waals surface area contributed by atoms with E-state index >= 15 is 0 Å². The van der Waals surface area contributed by atoms with Gasteiger partial charge >= 0.3 is 0 Å². The fourth-order valence-corrected chi connectivity index (χ4v) is 1.95. The summed E-state index contributed by atoms with van der Waals surface area (Å²) >= 11 is 0. The SMILES string of the molecule is Cc1cccc(CO)c1OCC(=O)Nc1cccc(F)c1. The van der Waals surface area contributed by atoms with Gasteiger partial charge in [-0.1, -0.05) is 24.3 Å². The molecule has 0 spiro atoms. The molecule has 1 amide bonds. The molecule has 0 radical (unpaired) electrons. The largest absolute Gasteiger partial charge is 0.483 e. The molecule has 4 nitrogen and oxygen atoms in total. The number of benzene rings is 2. The first-order valence-electron chi connectivity index (χ1n) is 6.47. The quantitative estimate of drug-likeness (QED) is 0.889. The highest BCUT2D eigenvalue weighted by molar-refractivity contribution is 5.91. The molecule has 2 N–H and O–H groups in total. The molecule has 0 saturated heterocycles. The molecular formula is C16H16FNO3. The number of aliphatic hydroxyl groups excluding tert-OH is 1. The van der Waals surface area contributed by atoms with Gasteiger partial charge in [-0.3, -0.25) is 4.79 Å². The van der Waals surface area contributed by atoms with Gasteiger partial charge in [-0.15, -0.1) is 0 Å². The Bertz CT molecular complexity index is 643. The number of carbonyl (C=O) groups excluding carboxylic acids is 1. The van der Waals surface area contributed by atoms with E-state index in [9.17, 15) is 14.3 Å². The molecule has 2 aromatic carbocycles. The Morgan fingerprint density at radius 2 is 2.05 bits per heavy atom. The summed E-state index contributed by atoms with van der Waals surface area (Å²) < 4.78 is 18.5. The van der Waals surface area contributed by atoms with Crippen molar-refractivity contribution in [3.8, 4) is 5.75 Å². The molecule has 0 aliphatic heterocycles. The molecule has 0 unspecified atom stereocenters. The zero-order chi connectivity index (χ0) is 15.2. The van der Waals surface area contributed by atoms with Gasteiger partial charge in [0.25, 0.3) is 5.91 Å². The zero-order valence-electron chi connectivity index (χ0n) is 11.6. The van der Waals surface area contributed by atoms with Gasteiger partial charge in [-0.25, -0.2) is 4.39 Å². The Hall–Kier alpha value is -2.40. The number of hydrogen-bond acceptors (Lipinski definition) is 3. The van der Waals surface area contributed by atoms with Crippen LogP contribution in [0.5, 0.6) is 5.75 Å². The second kappa shape index (κ2) is 6.85. The summed E-state index contributed by atoms with van der Waals surface area (Å²) in [5.41, 5.74) is 1.82. The van der Waals surface area contributed by atoms with Gasteiger partial charge in [0, 0.05) is 11.3 Å². The van der Waals surface area contributed by atoms with Crippen molar-refractivity contribution in [2.24, 2.45) is 0 Å². The lowest BCUT2D eigenvalue weighted by molar-refractivity contribution is -0.118. The van der Waals surface area contributed by atoms with Crippen LogP contribution in [0.25, 0.3) is 0 Å². The number of aryl methyl sites for hydroxylation is 1. The Morgan fingerprint density at radius 3 is 2.76 bits per heavy atom. The van der Waals surface area contributed by atoms with Crippen LogP contribution in [0.3, 0.4) is 0 Å². The second-order valence-electron chi connectivity index (χ2n) is 4.57. The number of aliphatic hydroxyl groups is 1. The molecule has 0 atom stereocenters. The van der Waals surface area contributed by atoms with Gasteiger partial charge in [0.05, 0.1) is 6.61 Å². The third-order valence-electron chi connectivity index (χ3n) is 2.92. The molecule has 0 heterocycles. The average molecular weight is 289 g/mol. The summed E-state index contributed by atoms with van der Waals surface area (Å²) in [6.07, 6.45) is 0. The summed E-state index contributed by atoms with van der Waals surface area (Å²) in [7, 11) is 0. The van der Waals surface area contributed by atoms with Crippen LogP contribution in [0.15, 0.2) is 42.5 Å². The first-order chi connectivity index (χ1) is 10.1. The third-order valence-corrected chi connectivity index (χ3v) is 2.92. The molecule has 0 aliphatic carbocycles. The Labute approximate surface area is 122 Å². The third kappa shape index (κ3) is 4.03. The number of carbonyl (C=O) groups is 1. The highest BCUT2D eigenvalue weighted by atomic mass is 19.1. The minimum absolute atomic E-state index is 0.164. The van der Waals surface area contributed by atoms with Crippen molar-refractivity contribution < 1.29 is 19.0 Å². The molecule has 0 aromatic heterocycles. The topological polar surface area (TPSA) is 58.6 Å². The van der Waals surface area contributed by atoms with Crippen molar-refractivity contribution >= 4 is 11.6 Å². The molecule has 0 fully saturated rings. The number of halogens is 1. The smallest absolute Gasteiger partial charge is 0.262 e. The van der Waals surface area contributed by atoms with Crippen LogP contribution in [0.1, 0.15) is 11.1 Å². The van der Waals surface area contributed by atoms with E-state index in [0.717, 1.165) is 5.56 Å². The first-order valence-corrected chi connectivity index (χ1v) is 6.47. The summed E-state index contributed by atoms with van der Waals surface area (Å²) in [5.74, 6) is -0.322. The van der Waals surface area contributed by atoms with Crippen LogP contribution in [0.2, 0.25) is 0 Å². The van der Waals surface area contributed by atoms with Gasteiger partial charge in [-0.2, -0.15) is 0 Å². The van der Waals surface area contributed by atoms with E-state index in [4.69, 9.17) is 4.74 Å². The van der Waals surface area contributed by atoms with Crippen LogP contribution < -0.4 is 10.1 Å². The van der Waals surface area contributed by atoms with E-state index in [1.165, 1.54) is 18.2 Å². The summed E-state index contributed by atoms with van der Waals surface area (Å²) in [4.78, 5) is 11.8. The number of ether oxygens (including phenoxy) is 1. The lowest BCUT2D eigenvalue weighted by Gasteiger charge is -2.12. The number of anilines is 1. The molecule has 110 valence electrons. The maximum Gasteiger partial charge on any atom is 0.262 e. The predicted octanol–water partition coefficient (Wildman–Crippen LogP) is 2.64. The van der Waals surface area contributed by atoms with Gasteiger partial charge in [0.1, 0.15) is 11.6 Å². The van der Waals surface area contributed by atoms with Crippen LogP contribution in [0, 0.1) is 12.7 Å². The molecule has 5 heteroatoms. The number of hydrogen-bond donors (Lipinski definition) is 2. The minimum atomic E-state index is -0.421. The van der Waals surface area contributed by atoms with E-state index < -0.39 is 11.7 Å². The van der Waals surface area contributed by atoms with Crippen molar-refractivity contribution in [3.63, 3.8) is 0 Å². The molecule has 0 aliphatic rings. The van der Waals surface area contributed by atoms with E-state index in [1.807, 2.05) is 13.0 Å². The van der Waals surface area contributed by atoms with E-state index in [1.54, 1.807) is 18.2 Å². The van der Waals surface area contributed by atoms with E-state index in [2.05, 4.69) is 5.32 Å². The lowest BCUT2D eigenvalue weighted by Crippen LogP contribution is -2.20. The van der Waals surface area contributed by atoms with Crippen LogP contribution in [-0.2, 0) is 11.4 Å². The van der Waals surface area contributed by atoms with Crippen molar-refractivity contribution in [2.45, 2.75) is 13.5 Å². The van der Waals surface area contributed by atoms with E-state index in [-0.39, 0.29) is 13.2 Å². The maximum atomic E-state index is 13.0. The minimum Gasteiger partial charge on any atom is -0.483 e. The second-order valence-corrected chi connectivity index (χ2v) is 4.57. The molecule has 0 saturated carbocycles. The zero-order valence-corrected chi connectivity index (χ0v) is 11.6. The number of nitrogens with one attached hydrogen (secondary N) is 1. The van der Waals surface area contributed by atoms with E-state index in [0.29, 0.717) is 17.0 Å². The Balaban J connectivity index is 1.99. The lowest BCUT2D eigenvalue weighted by atomic mass is 10.1. The number of rotatable bonds is 5. The number of amides is 1. The average Bonchev–Trinajstić information content (AvgIpc) is 2.45. The monoisotopic (exact) mass is 289 g/mol. The van der Waals surface area contributed by atoms with Crippen LogP contribution >= 0.6 is 0 Å². The highest BCUT2D eigenvalue weighted by Crippen LogP contribution is 2.23. The molecule has 0 bridgehead atoms. The first kappa shape index (κ1) is 15.0. The van der Waals surface area contributed by atoms with Crippen LogP contribution in [-0.4, -0.2) is 17.6 Å². The van der Waals surface area contributed by atoms with Gasteiger partial charge in [0.15, 0.2) is 6.61 Å². The van der Waals surface area contributed by atoms with Crippen LogP contribution in [0.4, 0.5) is 10.1 Å². The number of para-hydroxylation sites is 1. The molecule has 21 heavy (non-hydrogen) atoms. The fourth-order valence-electron chi connectivity index (χ4n) is 1.95. The Morgan fingerprint density at radius 1 is 1.29 bits per heavy atom. The van der Waals surface area contributed by atoms with Crippen molar-refractivity contribution in [1.82, 2.24) is 0 Å². The van der Waals surface area contributed by atoms with Gasteiger partial charge in [0.2, 0.25) is 0 Å². The van der Waals surface area contributed by atoms with Gasteiger partial charge < -0.3 is 15.2 Å². The van der Waals surface area contributed by atoms with Crippen molar-refractivity contribution in [3.05, 3.63) is 59.4 Å². The molecule has 2 aromatic rings. The molecular weight excluding hydrogens is 273 g/mol.